The quantitative estimate of drug-likeness (QED) is 0.848. The van der Waals surface area contributed by atoms with Crippen molar-refractivity contribution >= 4 is 0 Å². The van der Waals surface area contributed by atoms with Gasteiger partial charge in [0.25, 0.3) is 0 Å². The van der Waals surface area contributed by atoms with Gasteiger partial charge >= 0.3 is 6.18 Å². The number of hydrogen-bond donors (Lipinski definition) is 0. The van der Waals surface area contributed by atoms with E-state index in [0.29, 0.717) is 35.8 Å². The third-order valence-corrected chi connectivity index (χ3v) is 5.99. The van der Waals surface area contributed by atoms with Crippen LogP contribution in [0.1, 0.15) is 57.1 Å². The highest BCUT2D eigenvalue weighted by Gasteiger charge is 2.54. The zero-order valence-corrected chi connectivity index (χ0v) is 12.9. The van der Waals surface area contributed by atoms with Crippen LogP contribution in [0.2, 0.25) is 0 Å². The lowest BCUT2D eigenvalue weighted by Gasteiger charge is -2.56. The molecule has 4 aliphatic rings. The zero-order chi connectivity index (χ0) is 15.5. The molecule has 0 aliphatic heterocycles. The maximum Gasteiger partial charge on any atom is 0.406 e. The molecule has 0 radical (unpaired) electrons. The Labute approximate surface area is 128 Å². The summed E-state index contributed by atoms with van der Waals surface area (Å²) in [6.07, 6.45) is 3.13. The highest BCUT2D eigenvalue weighted by molar-refractivity contribution is 5.19. The van der Waals surface area contributed by atoms with Crippen LogP contribution in [0.4, 0.5) is 13.2 Å². The molecule has 4 aliphatic carbocycles. The van der Waals surface area contributed by atoms with Gasteiger partial charge in [0, 0.05) is 11.8 Å². The van der Waals surface area contributed by atoms with Gasteiger partial charge < -0.3 is 4.57 Å². The summed E-state index contributed by atoms with van der Waals surface area (Å²) in [5, 5.41) is 8.36. The van der Waals surface area contributed by atoms with E-state index >= 15 is 0 Å². The van der Waals surface area contributed by atoms with Crippen LogP contribution in [0.25, 0.3) is 0 Å². The van der Waals surface area contributed by atoms with E-state index in [1.807, 2.05) is 6.92 Å². The summed E-state index contributed by atoms with van der Waals surface area (Å²) in [5.74, 6) is 3.16. The summed E-state index contributed by atoms with van der Waals surface area (Å²) < 4.78 is 40.4. The molecule has 0 unspecified atom stereocenters. The molecular weight excluding hydrogens is 291 g/mol. The predicted molar refractivity (Wildman–Crippen MR) is 75.3 cm³/mol. The van der Waals surface area contributed by atoms with E-state index in [0.717, 1.165) is 19.3 Å². The number of hydrogen-bond acceptors (Lipinski definition) is 2. The number of aryl methyl sites for hydroxylation is 1. The first-order chi connectivity index (χ1) is 10.4. The fourth-order valence-electron chi connectivity index (χ4n) is 5.72. The van der Waals surface area contributed by atoms with Gasteiger partial charge in [0.15, 0.2) is 0 Å². The zero-order valence-electron chi connectivity index (χ0n) is 12.9. The van der Waals surface area contributed by atoms with Gasteiger partial charge in [0.1, 0.15) is 18.2 Å². The minimum atomic E-state index is -4.22. The van der Waals surface area contributed by atoms with Crippen LogP contribution in [0.15, 0.2) is 0 Å². The van der Waals surface area contributed by atoms with Crippen LogP contribution in [0, 0.1) is 17.8 Å². The Morgan fingerprint density at radius 2 is 1.59 bits per heavy atom. The SMILES string of the molecule is CCc1nnc(C23CC4CC(CC(C4)C2)C3)n1CC(F)(F)F. The van der Waals surface area contributed by atoms with Crippen molar-refractivity contribution in [2.24, 2.45) is 17.8 Å². The first kappa shape index (κ1) is 14.5. The minimum absolute atomic E-state index is 0.138. The van der Waals surface area contributed by atoms with Gasteiger partial charge in [-0.05, 0) is 56.3 Å². The van der Waals surface area contributed by atoms with Crippen molar-refractivity contribution in [1.29, 1.82) is 0 Å². The molecule has 1 aromatic heterocycles. The Balaban J connectivity index is 1.75. The number of rotatable bonds is 3. The molecule has 122 valence electrons. The summed E-state index contributed by atoms with van der Waals surface area (Å²) in [4.78, 5) is 0. The Morgan fingerprint density at radius 1 is 1.05 bits per heavy atom. The second-order valence-electron chi connectivity index (χ2n) is 7.69. The molecule has 5 rings (SSSR count). The molecule has 0 saturated heterocycles. The summed E-state index contributed by atoms with van der Waals surface area (Å²) in [7, 11) is 0. The number of alkyl halides is 3. The van der Waals surface area contributed by atoms with Crippen LogP contribution in [0.3, 0.4) is 0 Å². The molecule has 0 amide bonds. The summed E-state index contributed by atoms with van der Waals surface area (Å²) in [6.45, 7) is 0.903. The third-order valence-electron chi connectivity index (χ3n) is 5.99. The minimum Gasteiger partial charge on any atom is -0.305 e. The summed E-state index contributed by atoms with van der Waals surface area (Å²) in [5.41, 5.74) is -0.138. The molecule has 4 saturated carbocycles. The second kappa shape index (κ2) is 4.71. The Hall–Kier alpha value is -1.07. The van der Waals surface area contributed by atoms with Gasteiger partial charge in [-0.25, -0.2) is 0 Å². The molecule has 6 heteroatoms. The second-order valence-corrected chi connectivity index (χ2v) is 7.69. The van der Waals surface area contributed by atoms with Crippen LogP contribution >= 0.6 is 0 Å². The normalized spacial score (nSPS) is 37.0. The molecule has 4 bridgehead atoms. The van der Waals surface area contributed by atoms with Crippen molar-refractivity contribution < 1.29 is 13.2 Å². The molecular formula is C16H22F3N3. The fraction of sp³-hybridized carbons (Fsp3) is 0.875. The van der Waals surface area contributed by atoms with Gasteiger partial charge in [-0.15, -0.1) is 10.2 Å². The van der Waals surface area contributed by atoms with Crippen molar-refractivity contribution in [1.82, 2.24) is 14.8 Å². The first-order valence-electron chi connectivity index (χ1n) is 8.38. The van der Waals surface area contributed by atoms with Gasteiger partial charge in [-0.2, -0.15) is 13.2 Å². The summed E-state index contributed by atoms with van der Waals surface area (Å²) >= 11 is 0. The lowest BCUT2D eigenvalue weighted by atomic mass is 9.49. The molecule has 3 nitrogen and oxygen atoms in total. The topological polar surface area (TPSA) is 30.7 Å². The van der Waals surface area contributed by atoms with E-state index in [1.165, 1.54) is 23.8 Å². The van der Waals surface area contributed by atoms with Crippen molar-refractivity contribution in [2.75, 3.05) is 0 Å². The Kier molecular flexibility index (Phi) is 3.11. The molecule has 4 fully saturated rings. The highest BCUT2D eigenvalue weighted by Crippen LogP contribution is 2.60. The average Bonchev–Trinajstić information content (AvgIpc) is 2.78. The molecule has 22 heavy (non-hydrogen) atoms. The van der Waals surface area contributed by atoms with E-state index in [9.17, 15) is 13.2 Å². The maximum absolute atomic E-state index is 13.0. The summed E-state index contributed by atoms with van der Waals surface area (Å²) in [6, 6.07) is 0. The van der Waals surface area contributed by atoms with Crippen LogP contribution in [-0.4, -0.2) is 20.9 Å². The molecule has 0 aromatic carbocycles. The Bertz CT molecular complexity index is 540. The van der Waals surface area contributed by atoms with Gasteiger partial charge in [-0.3, -0.25) is 0 Å². The fourth-order valence-corrected chi connectivity index (χ4v) is 5.72. The average molecular weight is 313 g/mol. The largest absolute Gasteiger partial charge is 0.406 e. The number of halogens is 3. The van der Waals surface area contributed by atoms with E-state index < -0.39 is 12.7 Å². The molecule has 0 spiro atoms. The molecule has 0 N–H and O–H groups in total. The van der Waals surface area contributed by atoms with Crippen molar-refractivity contribution in [3.05, 3.63) is 11.6 Å². The Morgan fingerprint density at radius 3 is 2.05 bits per heavy atom. The van der Waals surface area contributed by atoms with E-state index in [4.69, 9.17) is 0 Å². The number of aromatic nitrogens is 3. The van der Waals surface area contributed by atoms with E-state index in [-0.39, 0.29) is 5.41 Å². The monoisotopic (exact) mass is 313 g/mol. The van der Waals surface area contributed by atoms with Gasteiger partial charge in [0.05, 0.1) is 0 Å². The third kappa shape index (κ3) is 2.26. The molecule has 1 heterocycles. The van der Waals surface area contributed by atoms with Crippen LogP contribution in [0.5, 0.6) is 0 Å². The number of nitrogens with zero attached hydrogens (tertiary/aromatic N) is 3. The molecule has 1 aromatic rings. The molecule has 0 atom stereocenters. The van der Waals surface area contributed by atoms with Crippen molar-refractivity contribution in [3.63, 3.8) is 0 Å². The van der Waals surface area contributed by atoms with Crippen LogP contribution < -0.4 is 0 Å². The maximum atomic E-state index is 13.0. The van der Waals surface area contributed by atoms with E-state index in [1.54, 1.807) is 0 Å². The van der Waals surface area contributed by atoms with E-state index in [2.05, 4.69) is 10.2 Å². The first-order valence-corrected chi connectivity index (χ1v) is 8.38. The van der Waals surface area contributed by atoms with Crippen molar-refractivity contribution in [3.8, 4) is 0 Å². The van der Waals surface area contributed by atoms with Gasteiger partial charge in [-0.1, -0.05) is 6.92 Å². The smallest absolute Gasteiger partial charge is 0.305 e. The lowest BCUT2D eigenvalue weighted by Crippen LogP contribution is -2.50. The highest BCUT2D eigenvalue weighted by atomic mass is 19.4. The predicted octanol–water partition coefficient (Wildman–Crippen LogP) is 3.87. The standard InChI is InChI=1S/C16H22F3N3/c1-2-13-20-21-14(22(13)9-16(17,18)19)15-6-10-3-11(7-15)5-12(4-10)8-15/h10-12H,2-9H2,1H3. The lowest BCUT2D eigenvalue weighted by molar-refractivity contribution is -0.142. The van der Waals surface area contributed by atoms with Crippen LogP contribution in [-0.2, 0) is 18.4 Å². The van der Waals surface area contributed by atoms with Gasteiger partial charge in [0.2, 0.25) is 0 Å². The van der Waals surface area contributed by atoms with Crippen molar-refractivity contribution in [2.45, 2.75) is 70.0 Å².